The van der Waals surface area contributed by atoms with Crippen molar-refractivity contribution in [1.29, 1.82) is 0 Å². The molecule has 2 heterocycles. The van der Waals surface area contributed by atoms with Gasteiger partial charge in [-0.1, -0.05) is 12.1 Å². The minimum atomic E-state index is -0.588. The predicted molar refractivity (Wildman–Crippen MR) is 85.4 cm³/mol. The second-order valence-corrected chi connectivity index (χ2v) is 5.06. The Bertz CT molecular complexity index is 855. The number of aromatic nitrogens is 2. The smallest absolute Gasteiger partial charge is 0.338 e. The van der Waals surface area contributed by atoms with Crippen LogP contribution in [0.4, 0.5) is 0 Å². The van der Waals surface area contributed by atoms with Crippen LogP contribution in [0, 0.1) is 0 Å². The number of carbonyl (C=O) groups excluding carboxylic acids is 2. The van der Waals surface area contributed by atoms with Crippen molar-refractivity contribution in [3.8, 4) is 5.75 Å². The Kier molecular flexibility index (Phi) is 4.42. The summed E-state index contributed by atoms with van der Waals surface area (Å²) in [4.78, 5) is 27.2. The van der Waals surface area contributed by atoms with Gasteiger partial charge < -0.3 is 19.6 Å². The van der Waals surface area contributed by atoms with Gasteiger partial charge in [0.15, 0.2) is 6.61 Å². The molecule has 7 nitrogen and oxygen atoms in total. The van der Waals surface area contributed by atoms with Gasteiger partial charge in [-0.15, -0.1) is 0 Å². The number of nitrogens with zero attached hydrogens (tertiary/aromatic N) is 2. The highest BCUT2D eigenvalue weighted by atomic mass is 16.5. The van der Waals surface area contributed by atoms with Gasteiger partial charge in [0.2, 0.25) is 0 Å². The monoisotopic (exact) mass is 325 g/mol. The number of ether oxygens (including phenoxy) is 2. The molecule has 0 unspecified atom stereocenters. The molecule has 3 aromatic rings. The summed E-state index contributed by atoms with van der Waals surface area (Å²) in [5.74, 6) is -0.720. The lowest BCUT2D eigenvalue weighted by atomic mass is 10.2. The van der Waals surface area contributed by atoms with Gasteiger partial charge in [0.25, 0.3) is 5.91 Å². The first-order chi connectivity index (χ1) is 11.6. The van der Waals surface area contributed by atoms with Gasteiger partial charge in [0.05, 0.1) is 11.3 Å². The van der Waals surface area contributed by atoms with Crippen LogP contribution in [0.2, 0.25) is 0 Å². The molecule has 0 fully saturated rings. The lowest BCUT2D eigenvalue weighted by Gasteiger charge is -2.06. The molecule has 1 amide bonds. The number of esters is 1. The number of imidazole rings is 1. The number of amides is 1. The highest BCUT2D eigenvalue weighted by Gasteiger charge is 2.10. The number of benzene rings is 1. The molecule has 0 aliphatic heterocycles. The Morgan fingerprint density at radius 2 is 2.04 bits per heavy atom. The molecule has 2 N–H and O–H groups in total. The van der Waals surface area contributed by atoms with E-state index in [0.717, 1.165) is 5.65 Å². The van der Waals surface area contributed by atoms with Crippen LogP contribution in [0.15, 0.2) is 54.9 Å². The van der Waals surface area contributed by atoms with Gasteiger partial charge in [-0.3, -0.25) is 4.79 Å². The first kappa shape index (κ1) is 15.5. The van der Waals surface area contributed by atoms with Crippen LogP contribution in [0.5, 0.6) is 5.75 Å². The Balaban J connectivity index is 1.64. The summed E-state index contributed by atoms with van der Waals surface area (Å²) in [5.41, 5.74) is 6.77. The van der Waals surface area contributed by atoms with Crippen LogP contribution in [0.1, 0.15) is 16.1 Å². The molecule has 1 aromatic carbocycles. The molecule has 0 atom stereocenters. The van der Waals surface area contributed by atoms with Gasteiger partial charge in [0, 0.05) is 12.4 Å². The lowest BCUT2D eigenvalue weighted by Crippen LogP contribution is -2.20. The largest absolute Gasteiger partial charge is 0.484 e. The van der Waals surface area contributed by atoms with E-state index in [0.29, 0.717) is 17.0 Å². The van der Waals surface area contributed by atoms with Gasteiger partial charge >= 0.3 is 5.97 Å². The van der Waals surface area contributed by atoms with E-state index in [1.165, 1.54) is 6.07 Å². The molecular formula is C17H15N3O4. The normalized spacial score (nSPS) is 10.5. The minimum absolute atomic E-state index is 0.0624. The maximum Gasteiger partial charge on any atom is 0.338 e. The number of carbonyl (C=O) groups is 2. The van der Waals surface area contributed by atoms with Crippen molar-refractivity contribution in [3.63, 3.8) is 0 Å². The van der Waals surface area contributed by atoms with Crippen molar-refractivity contribution in [3.05, 3.63) is 66.1 Å². The standard InChI is InChI=1S/C17H15N3O4/c18-15(21)11-23-14-5-3-4-12(8-14)17(22)24-10-13-9-20-7-2-1-6-16(20)19-13/h1-9H,10-11H2,(H2,18,21). The lowest BCUT2D eigenvalue weighted by molar-refractivity contribution is -0.119. The Morgan fingerprint density at radius 3 is 2.83 bits per heavy atom. The summed E-state index contributed by atoms with van der Waals surface area (Å²) in [6.45, 7) is -0.188. The summed E-state index contributed by atoms with van der Waals surface area (Å²) in [5, 5.41) is 0. The molecule has 24 heavy (non-hydrogen) atoms. The number of hydrogen-bond donors (Lipinski definition) is 1. The van der Waals surface area contributed by atoms with E-state index in [2.05, 4.69) is 4.98 Å². The number of nitrogens with two attached hydrogens (primary N) is 1. The number of rotatable bonds is 6. The SMILES string of the molecule is NC(=O)COc1cccc(C(=O)OCc2cn3ccccc3n2)c1. The second kappa shape index (κ2) is 6.82. The zero-order valence-electron chi connectivity index (χ0n) is 12.7. The van der Waals surface area contributed by atoms with E-state index in [4.69, 9.17) is 15.2 Å². The second-order valence-electron chi connectivity index (χ2n) is 5.06. The summed E-state index contributed by atoms with van der Waals surface area (Å²) < 4.78 is 12.3. The third-order valence-electron chi connectivity index (χ3n) is 3.22. The van der Waals surface area contributed by atoms with E-state index < -0.39 is 11.9 Å². The van der Waals surface area contributed by atoms with E-state index in [9.17, 15) is 9.59 Å². The van der Waals surface area contributed by atoms with Crippen LogP contribution in [0.25, 0.3) is 5.65 Å². The topological polar surface area (TPSA) is 95.9 Å². The number of pyridine rings is 1. The molecule has 3 rings (SSSR count). The first-order valence-corrected chi connectivity index (χ1v) is 7.23. The average Bonchev–Trinajstić information content (AvgIpc) is 3.01. The summed E-state index contributed by atoms with van der Waals surface area (Å²) in [6, 6.07) is 12.0. The molecule has 0 saturated heterocycles. The van der Waals surface area contributed by atoms with Gasteiger partial charge in [-0.05, 0) is 30.3 Å². The van der Waals surface area contributed by atoms with Gasteiger partial charge in [0.1, 0.15) is 18.0 Å². The fourth-order valence-electron chi connectivity index (χ4n) is 2.15. The van der Waals surface area contributed by atoms with Crippen LogP contribution in [-0.4, -0.2) is 27.9 Å². The summed E-state index contributed by atoms with van der Waals surface area (Å²) >= 11 is 0. The van der Waals surface area contributed by atoms with Crippen molar-refractivity contribution in [2.24, 2.45) is 5.73 Å². The molecule has 0 aliphatic rings. The van der Waals surface area contributed by atoms with Gasteiger partial charge in [-0.25, -0.2) is 9.78 Å². The van der Waals surface area contributed by atoms with E-state index >= 15 is 0 Å². The molecule has 0 aliphatic carbocycles. The molecule has 0 spiro atoms. The Labute approximate surface area is 137 Å². The number of fused-ring (bicyclic) bond motifs is 1. The van der Waals surface area contributed by atoms with Crippen molar-refractivity contribution in [2.75, 3.05) is 6.61 Å². The predicted octanol–water partition coefficient (Wildman–Crippen LogP) is 1.56. The van der Waals surface area contributed by atoms with Crippen LogP contribution >= 0.6 is 0 Å². The van der Waals surface area contributed by atoms with E-state index in [-0.39, 0.29) is 13.2 Å². The zero-order valence-corrected chi connectivity index (χ0v) is 12.7. The zero-order chi connectivity index (χ0) is 16.9. The quantitative estimate of drug-likeness (QED) is 0.694. The fraction of sp³-hybridized carbons (Fsp3) is 0.118. The minimum Gasteiger partial charge on any atom is -0.484 e. The van der Waals surface area contributed by atoms with Crippen molar-refractivity contribution in [2.45, 2.75) is 6.61 Å². The third-order valence-corrected chi connectivity index (χ3v) is 3.22. The Hall–Kier alpha value is -3.35. The number of primary amides is 1. The molecule has 122 valence electrons. The molecule has 0 saturated carbocycles. The average molecular weight is 325 g/mol. The van der Waals surface area contributed by atoms with Gasteiger partial charge in [-0.2, -0.15) is 0 Å². The molecule has 2 aromatic heterocycles. The maximum atomic E-state index is 12.1. The molecule has 0 radical (unpaired) electrons. The highest BCUT2D eigenvalue weighted by Crippen LogP contribution is 2.15. The first-order valence-electron chi connectivity index (χ1n) is 7.23. The summed E-state index contributed by atoms with van der Waals surface area (Å²) in [6.07, 6.45) is 3.67. The van der Waals surface area contributed by atoms with E-state index in [1.807, 2.05) is 28.8 Å². The van der Waals surface area contributed by atoms with Crippen molar-refractivity contribution in [1.82, 2.24) is 9.38 Å². The third kappa shape index (κ3) is 3.70. The van der Waals surface area contributed by atoms with Crippen molar-refractivity contribution < 1.29 is 19.1 Å². The highest BCUT2D eigenvalue weighted by molar-refractivity contribution is 5.89. The van der Waals surface area contributed by atoms with Crippen LogP contribution in [0.3, 0.4) is 0 Å². The van der Waals surface area contributed by atoms with Crippen molar-refractivity contribution >= 4 is 17.5 Å². The number of hydrogen-bond acceptors (Lipinski definition) is 5. The summed E-state index contributed by atoms with van der Waals surface area (Å²) in [7, 11) is 0. The van der Waals surface area contributed by atoms with E-state index in [1.54, 1.807) is 24.4 Å². The van der Waals surface area contributed by atoms with Crippen LogP contribution in [-0.2, 0) is 16.1 Å². The van der Waals surface area contributed by atoms with Crippen LogP contribution < -0.4 is 10.5 Å². The fourth-order valence-corrected chi connectivity index (χ4v) is 2.15. The maximum absolute atomic E-state index is 12.1. The molecule has 7 heteroatoms. The Morgan fingerprint density at radius 1 is 1.17 bits per heavy atom. The molecule has 0 bridgehead atoms. The molecular weight excluding hydrogens is 310 g/mol.